The minimum atomic E-state index is -3.06. The minimum absolute atomic E-state index is 0.148. The van der Waals surface area contributed by atoms with Crippen molar-refractivity contribution in [2.24, 2.45) is 0 Å². The molecule has 0 aromatic carbocycles. The Morgan fingerprint density at radius 1 is 1.33 bits per heavy atom. The molecule has 86 valence electrons. The van der Waals surface area contributed by atoms with Crippen molar-refractivity contribution >= 4 is 9.84 Å². The maximum Gasteiger partial charge on any atom is 0.157 e. The molecule has 1 atom stereocenters. The molecule has 1 aliphatic rings. The van der Waals surface area contributed by atoms with Crippen molar-refractivity contribution in [2.75, 3.05) is 0 Å². The Hall–Kier alpha value is -0.560. The summed E-state index contributed by atoms with van der Waals surface area (Å²) in [5.41, 5.74) is 0. The predicted molar refractivity (Wildman–Crippen MR) is 60.1 cm³/mol. The third-order valence-corrected chi connectivity index (χ3v) is 6.09. The number of sulfone groups is 1. The molecule has 0 saturated heterocycles. The van der Waals surface area contributed by atoms with Gasteiger partial charge in [0, 0.05) is 0 Å². The van der Waals surface area contributed by atoms with E-state index in [1.54, 1.807) is 0 Å². The number of nitrogens with zero attached hydrogens (tertiary/aromatic N) is 1. The molecule has 0 bridgehead atoms. The van der Waals surface area contributed by atoms with Crippen LogP contribution in [0.15, 0.2) is 0 Å². The standard InChI is InChI=1S/C11H19NO2S/c1-2-10(8-9-12)15(13,14)11-6-4-3-5-7-11/h10-11H,2-8H2,1H3. The van der Waals surface area contributed by atoms with Crippen molar-refractivity contribution < 1.29 is 8.42 Å². The second kappa shape index (κ2) is 5.50. The lowest BCUT2D eigenvalue weighted by Gasteiger charge is -2.25. The van der Waals surface area contributed by atoms with Gasteiger partial charge in [0.2, 0.25) is 0 Å². The van der Waals surface area contributed by atoms with Gasteiger partial charge in [0.05, 0.1) is 23.0 Å². The molecule has 0 spiro atoms. The molecule has 0 aromatic rings. The van der Waals surface area contributed by atoms with Gasteiger partial charge >= 0.3 is 0 Å². The third-order valence-electron chi connectivity index (χ3n) is 3.26. The van der Waals surface area contributed by atoms with Gasteiger partial charge in [-0.2, -0.15) is 5.26 Å². The molecule has 1 fully saturated rings. The molecule has 1 rings (SSSR count). The van der Waals surface area contributed by atoms with E-state index >= 15 is 0 Å². The molecule has 1 unspecified atom stereocenters. The van der Waals surface area contributed by atoms with Crippen LogP contribution in [0.2, 0.25) is 0 Å². The van der Waals surface area contributed by atoms with Gasteiger partial charge in [0.25, 0.3) is 0 Å². The van der Waals surface area contributed by atoms with Crippen molar-refractivity contribution in [2.45, 2.75) is 62.4 Å². The smallest absolute Gasteiger partial charge is 0.157 e. The van der Waals surface area contributed by atoms with E-state index in [-0.39, 0.29) is 11.7 Å². The molecule has 0 aromatic heterocycles. The molecule has 0 heterocycles. The van der Waals surface area contributed by atoms with Gasteiger partial charge in [-0.15, -0.1) is 0 Å². The number of hydrogen-bond donors (Lipinski definition) is 0. The minimum Gasteiger partial charge on any atom is -0.228 e. The largest absolute Gasteiger partial charge is 0.228 e. The SMILES string of the molecule is CCC(CC#N)S(=O)(=O)C1CCCCC1. The Kier molecular flexibility index (Phi) is 4.59. The quantitative estimate of drug-likeness (QED) is 0.744. The highest BCUT2D eigenvalue weighted by Crippen LogP contribution is 2.28. The van der Waals surface area contributed by atoms with Gasteiger partial charge in [-0.05, 0) is 19.3 Å². The highest BCUT2D eigenvalue weighted by Gasteiger charge is 2.33. The van der Waals surface area contributed by atoms with E-state index in [1.807, 2.05) is 13.0 Å². The predicted octanol–water partition coefficient (Wildman–Crippen LogP) is 2.43. The Labute approximate surface area is 92.4 Å². The van der Waals surface area contributed by atoms with E-state index in [1.165, 1.54) is 0 Å². The number of hydrogen-bond acceptors (Lipinski definition) is 3. The summed E-state index contributed by atoms with van der Waals surface area (Å²) in [5.74, 6) is 0. The van der Waals surface area contributed by atoms with Crippen molar-refractivity contribution in [1.82, 2.24) is 0 Å². The van der Waals surface area contributed by atoms with E-state index in [0.29, 0.717) is 6.42 Å². The van der Waals surface area contributed by atoms with Crippen LogP contribution in [0.5, 0.6) is 0 Å². The fourth-order valence-electron chi connectivity index (χ4n) is 2.26. The van der Waals surface area contributed by atoms with Crippen LogP contribution in [0, 0.1) is 11.3 Å². The van der Waals surface area contributed by atoms with Crippen LogP contribution in [0.3, 0.4) is 0 Å². The number of nitriles is 1. The molecule has 1 aliphatic carbocycles. The maximum absolute atomic E-state index is 12.2. The van der Waals surface area contributed by atoms with Gasteiger partial charge in [-0.25, -0.2) is 8.42 Å². The molecule has 4 heteroatoms. The van der Waals surface area contributed by atoms with Gasteiger partial charge in [-0.1, -0.05) is 26.2 Å². The molecule has 0 radical (unpaired) electrons. The highest BCUT2D eigenvalue weighted by atomic mass is 32.2. The van der Waals surface area contributed by atoms with Crippen LogP contribution in [0.1, 0.15) is 51.9 Å². The second-order valence-corrected chi connectivity index (χ2v) is 6.75. The summed E-state index contributed by atoms with van der Waals surface area (Å²) < 4.78 is 24.3. The Morgan fingerprint density at radius 2 is 1.93 bits per heavy atom. The van der Waals surface area contributed by atoms with Crippen LogP contribution < -0.4 is 0 Å². The molecule has 3 nitrogen and oxygen atoms in total. The molecular weight excluding hydrogens is 210 g/mol. The monoisotopic (exact) mass is 229 g/mol. The summed E-state index contributed by atoms with van der Waals surface area (Å²) in [7, 11) is -3.06. The van der Waals surface area contributed by atoms with E-state index in [9.17, 15) is 8.42 Å². The zero-order chi connectivity index (χ0) is 11.3. The first-order chi connectivity index (χ1) is 7.12. The van der Waals surface area contributed by atoms with Crippen LogP contribution in [-0.4, -0.2) is 18.9 Å². The van der Waals surface area contributed by atoms with Gasteiger partial charge in [0.1, 0.15) is 0 Å². The molecule has 0 aliphatic heterocycles. The van der Waals surface area contributed by atoms with E-state index in [4.69, 9.17) is 5.26 Å². The molecule has 0 N–H and O–H groups in total. The van der Waals surface area contributed by atoms with Gasteiger partial charge < -0.3 is 0 Å². The normalized spacial score (nSPS) is 20.8. The first-order valence-electron chi connectivity index (χ1n) is 5.72. The lowest BCUT2D eigenvalue weighted by atomic mass is 10.0. The van der Waals surface area contributed by atoms with Crippen LogP contribution in [0.25, 0.3) is 0 Å². The summed E-state index contributed by atoms with van der Waals surface area (Å²) in [6, 6.07) is 1.98. The first-order valence-corrected chi connectivity index (χ1v) is 7.33. The molecule has 1 saturated carbocycles. The summed E-state index contributed by atoms with van der Waals surface area (Å²) in [6.45, 7) is 1.85. The van der Waals surface area contributed by atoms with E-state index in [2.05, 4.69) is 0 Å². The zero-order valence-electron chi connectivity index (χ0n) is 9.28. The topological polar surface area (TPSA) is 57.9 Å². The van der Waals surface area contributed by atoms with Gasteiger partial charge in [-0.3, -0.25) is 0 Å². The summed E-state index contributed by atoms with van der Waals surface area (Å²) in [4.78, 5) is 0. The van der Waals surface area contributed by atoms with Crippen LogP contribution >= 0.6 is 0 Å². The molecular formula is C11H19NO2S. The Morgan fingerprint density at radius 3 is 2.40 bits per heavy atom. The highest BCUT2D eigenvalue weighted by molar-refractivity contribution is 7.92. The zero-order valence-corrected chi connectivity index (χ0v) is 10.1. The summed E-state index contributed by atoms with van der Waals surface area (Å²) in [5, 5.41) is 8.00. The molecule has 15 heavy (non-hydrogen) atoms. The summed E-state index contributed by atoms with van der Waals surface area (Å²) in [6.07, 6.45) is 5.50. The van der Waals surface area contributed by atoms with E-state index in [0.717, 1.165) is 32.1 Å². The van der Waals surface area contributed by atoms with Crippen molar-refractivity contribution in [3.8, 4) is 6.07 Å². The number of rotatable bonds is 4. The van der Waals surface area contributed by atoms with Crippen molar-refractivity contribution in [3.05, 3.63) is 0 Å². The third kappa shape index (κ3) is 2.94. The Balaban J connectivity index is 2.75. The Bertz CT molecular complexity index is 323. The second-order valence-electron chi connectivity index (χ2n) is 4.24. The average molecular weight is 229 g/mol. The van der Waals surface area contributed by atoms with E-state index < -0.39 is 15.1 Å². The van der Waals surface area contributed by atoms with Crippen LogP contribution in [-0.2, 0) is 9.84 Å². The summed E-state index contributed by atoms with van der Waals surface area (Å²) >= 11 is 0. The maximum atomic E-state index is 12.2. The first kappa shape index (κ1) is 12.5. The fraction of sp³-hybridized carbons (Fsp3) is 0.909. The lowest BCUT2D eigenvalue weighted by molar-refractivity contribution is 0.476. The fourth-order valence-corrected chi connectivity index (χ4v) is 4.57. The van der Waals surface area contributed by atoms with Gasteiger partial charge in [0.15, 0.2) is 9.84 Å². The average Bonchev–Trinajstić information content (AvgIpc) is 2.27. The van der Waals surface area contributed by atoms with Crippen molar-refractivity contribution in [3.63, 3.8) is 0 Å². The van der Waals surface area contributed by atoms with Crippen LogP contribution in [0.4, 0.5) is 0 Å². The molecule has 0 amide bonds. The lowest BCUT2D eigenvalue weighted by Crippen LogP contribution is -2.33. The van der Waals surface area contributed by atoms with Crippen molar-refractivity contribution in [1.29, 1.82) is 5.26 Å².